The lowest BCUT2D eigenvalue weighted by Gasteiger charge is -2.31. The van der Waals surface area contributed by atoms with Crippen molar-refractivity contribution in [3.8, 4) is 0 Å². The first-order chi connectivity index (χ1) is 16.7. The summed E-state index contributed by atoms with van der Waals surface area (Å²) in [5.41, 5.74) is 1.11. The number of carbonyl (C=O) groups excluding carboxylic acids is 2. The third-order valence-corrected chi connectivity index (χ3v) is 7.41. The number of likely N-dealkylation sites (N-methyl/N-ethyl adjacent to an activating group) is 1. The highest BCUT2D eigenvalue weighted by Gasteiger charge is 2.32. The van der Waals surface area contributed by atoms with E-state index in [1.54, 1.807) is 25.1 Å². The van der Waals surface area contributed by atoms with Crippen molar-refractivity contribution in [2.75, 3.05) is 24.4 Å². The number of halogens is 1. The maximum atomic E-state index is 13.6. The molecule has 0 aliphatic carbocycles. The van der Waals surface area contributed by atoms with Gasteiger partial charge in [0.2, 0.25) is 11.8 Å². The first kappa shape index (κ1) is 25.9. The van der Waals surface area contributed by atoms with Crippen molar-refractivity contribution in [3.05, 3.63) is 96.3 Å². The maximum Gasteiger partial charge on any atom is 0.264 e. The second-order valence-corrected chi connectivity index (χ2v) is 9.78. The largest absolute Gasteiger partial charge is 0.357 e. The summed E-state index contributed by atoms with van der Waals surface area (Å²) < 4.78 is 41.5. The molecular weight excluding hydrogens is 469 g/mol. The Hall–Kier alpha value is -3.72. The number of carbonyl (C=O) groups is 2. The molecule has 0 aromatic heterocycles. The Labute approximate surface area is 205 Å². The quantitative estimate of drug-likeness (QED) is 0.466. The van der Waals surface area contributed by atoms with E-state index in [2.05, 4.69) is 5.32 Å². The van der Waals surface area contributed by atoms with Crippen molar-refractivity contribution in [2.24, 2.45) is 0 Å². The van der Waals surface area contributed by atoms with Crippen molar-refractivity contribution in [3.63, 3.8) is 0 Å². The second-order valence-electron chi connectivity index (χ2n) is 7.91. The van der Waals surface area contributed by atoms with E-state index in [4.69, 9.17) is 0 Å². The van der Waals surface area contributed by atoms with Gasteiger partial charge in [0.1, 0.15) is 18.4 Å². The highest BCUT2D eigenvalue weighted by molar-refractivity contribution is 7.92. The van der Waals surface area contributed by atoms with Gasteiger partial charge < -0.3 is 10.2 Å². The van der Waals surface area contributed by atoms with Crippen LogP contribution in [0.4, 0.5) is 10.1 Å². The molecule has 0 fully saturated rings. The molecule has 0 aliphatic heterocycles. The summed E-state index contributed by atoms with van der Waals surface area (Å²) in [6.45, 7) is 1.24. The van der Waals surface area contributed by atoms with E-state index in [1.807, 2.05) is 30.3 Å². The Morgan fingerprint density at radius 1 is 0.914 bits per heavy atom. The molecule has 0 bridgehead atoms. The lowest BCUT2D eigenvalue weighted by molar-refractivity contribution is -0.138. The fraction of sp³-hybridized carbons (Fsp3) is 0.231. The molecular formula is C26H28FN3O4S. The zero-order valence-corrected chi connectivity index (χ0v) is 20.4. The number of rotatable bonds is 10. The van der Waals surface area contributed by atoms with Crippen LogP contribution in [-0.2, 0) is 26.0 Å². The van der Waals surface area contributed by atoms with Crippen molar-refractivity contribution >= 4 is 27.5 Å². The molecule has 0 spiro atoms. The van der Waals surface area contributed by atoms with Gasteiger partial charge in [0.25, 0.3) is 10.0 Å². The number of anilines is 1. The van der Waals surface area contributed by atoms with Gasteiger partial charge in [-0.1, -0.05) is 48.5 Å². The van der Waals surface area contributed by atoms with Crippen LogP contribution < -0.4 is 9.62 Å². The average molecular weight is 498 g/mol. The second kappa shape index (κ2) is 11.6. The fourth-order valence-electron chi connectivity index (χ4n) is 3.63. The molecule has 7 nitrogen and oxygen atoms in total. The van der Waals surface area contributed by atoms with Crippen molar-refractivity contribution in [2.45, 2.75) is 24.3 Å². The van der Waals surface area contributed by atoms with Gasteiger partial charge in [-0.2, -0.15) is 0 Å². The molecule has 0 saturated heterocycles. The van der Waals surface area contributed by atoms with E-state index in [9.17, 15) is 22.4 Å². The van der Waals surface area contributed by atoms with Crippen LogP contribution in [0.25, 0.3) is 0 Å². The standard InChI is InChI=1S/C26H28FN3O4S/c1-20(26(32)28-2)29(18-17-21-9-5-3-6-10-21)25(31)19-30(23-15-13-22(27)14-16-23)35(33,34)24-11-7-4-8-12-24/h3-16,20H,17-19H2,1-2H3,(H,28,32)/t20-/m1/s1. The third kappa shape index (κ3) is 6.45. The molecule has 9 heteroatoms. The van der Waals surface area contributed by atoms with Gasteiger partial charge in [-0.05, 0) is 55.3 Å². The Kier molecular flexibility index (Phi) is 8.59. The third-order valence-electron chi connectivity index (χ3n) is 5.62. The number of hydrogen-bond acceptors (Lipinski definition) is 4. The monoisotopic (exact) mass is 497 g/mol. The summed E-state index contributed by atoms with van der Waals surface area (Å²) in [5, 5.41) is 2.54. The van der Waals surface area contributed by atoms with Crippen LogP contribution >= 0.6 is 0 Å². The molecule has 0 radical (unpaired) electrons. The lowest BCUT2D eigenvalue weighted by Crippen LogP contribution is -2.51. The maximum absolute atomic E-state index is 13.6. The first-order valence-corrected chi connectivity index (χ1v) is 12.6. The van der Waals surface area contributed by atoms with Gasteiger partial charge in [0, 0.05) is 13.6 Å². The molecule has 3 rings (SSSR count). The van der Waals surface area contributed by atoms with Gasteiger partial charge in [-0.15, -0.1) is 0 Å². The number of benzene rings is 3. The number of nitrogens with zero attached hydrogens (tertiary/aromatic N) is 2. The van der Waals surface area contributed by atoms with Gasteiger partial charge >= 0.3 is 0 Å². The van der Waals surface area contributed by atoms with Crippen LogP contribution in [0.1, 0.15) is 12.5 Å². The molecule has 35 heavy (non-hydrogen) atoms. The zero-order chi connectivity index (χ0) is 25.4. The number of hydrogen-bond donors (Lipinski definition) is 1. The van der Waals surface area contributed by atoms with E-state index in [-0.39, 0.29) is 23.0 Å². The number of amides is 2. The Bertz CT molecular complexity index is 1240. The van der Waals surface area contributed by atoms with Crippen molar-refractivity contribution < 1.29 is 22.4 Å². The molecule has 2 amide bonds. The average Bonchev–Trinajstić information content (AvgIpc) is 2.88. The summed E-state index contributed by atoms with van der Waals surface area (Å²) in [6.07, 6.45) is 0.482. The molecule has 0 heterocycles. The van der Waals surface area contributed by atoms with Crippen LogP contribution in [0.3, 0.4) is 0 Å². The van der Waals surface area contributed by atoms with Crippen LogP contribution in [0.2, 0.25) is 0 Å². The van der Waals surface area contributed by atoms with Crippen LogP contribution in [0.5, 0.6) is 0 Å². The smallest absolute Gasteiger partial charge is 0.264 e. The first-order valence-electron chi connectivity index (χ1n) is 11.1. The van der Waals surface area contributed by atoms with Gasteiger partial charge in [-0.3, -0.25) is 13.9 Å². The molecule has 1 N–H and O–H groups in total. The highest BCUT2D eigenvalue weighted by atomic mass is 32.2. The topological polar surface area (TPSA) is 86.8 Å². The molecule has 0 saturated carbocycles. The van der Waals surface area contributed by atoms with Gasteiger partial charge in [-0.25, -0.2) is 12.8 Å². The van der Waals surface area contributed by atoms with Crippen molar-refractivity contribution in [1.29, 1.82) is 0 Å². The summed E-state index contributed by atoms with van der Waals surface area (Å²) in [6, 6.07) is 21.2. The van der Waals surface area contributed by atoms with E-state index in [0.29, 0.717) is 6.42 Å². The van der Waals surface area contributed by atoms with Crippen LogP contribution in [0.15, 0.2) is 89.8 Å². The molecule has 1 atom stereocenters. The molecule has 3 aromatic carbocycles. The molecule has 0 aliphatic rings. The van der Waals surface area contributed by atoms with Gasteiger partial charge in [0.05, 0.1) is 10.6 Å². The van der Waals surface area contributed by atoms with Crippen molar-refractivity contribution in [1.82, 2.24) is 10.2 Å². The Balaban J connectivity index is 1.95. The van der Waals surface area contributed by atoms with E-state index >= 15 is 0 Å². The predicted octanol–water partition coefficient (Wildman–Crippen LogP) is 3.23. The molecule has 184 valence electrons. The molecule has 0 unspecified atom stereocenters. The van der Waals surface area contributed by atoms with E-state index in [1.165, 1.54) is 36.2 Å². The van der Waals surface area contributed by atoms with Crippen LogP contribution in [0, 0.1) is 5.82 Å². The highest BCUT2D eigenvalue weighted by Crippen LogP contribution is 2.24. The Morgan fingerprint density at radius 2 is 1.49 bits per heavy atom. The van der Waals surface area contributed by atoms with Crippen LogP contribution in [-0.4, -0.2) is 51.3 Å². The Morgan fingerprint density at radius 3 is 2.06 bits per heavy atom. The van der Waals surface area contributed by atoms with E-state index < -0.39 is 34.3 Å². The summed E-state index contributed by atoms with van der Waals surface area (Å²) in [5.74, 6) is -1.46. The summed E-state index contributed by atoms with van der Waals surface area (Å²) in [7, 11) is -2.68. The SMILES string of the molecule is CNC(=O)[C@@H](C)N(CCc1ccccc1)C(=O)CN(c1ccc(F)cc1)S(=O)(=O)c1ccccc1. The summed E-state index contributed by atoms with van der Waals surface area (Å²) in [4.78, 5) is 27.3. The minimum absolute atomic E-state index is 0.00712. The summed E-state index contributed by atoms with van der Waals surface area (Å²) >= 11 is 0. The number of sulfonamides is 1. The molecule has 3 aromatic rings. The predicted molar refractivity (Wildman–Crippen MR) is 133 cm³/mol. The lowest BCUT2D eigenvalue weighted by atomic mass is 10.1. The normalized spacial score (nSPS) is 12.0. The van der Waals surface area contributed by atoms with E-state index in [0.717, 1.165) is 22.0 Å². The fourth-order valence-corrected chi connectivity index (χ4v) is 5.07. The number of nitrogens with one attached hydrogen (secondary N) is 1. The zero-order valence-electron chi connectivity index (χ0n) is 19.6. The minimum atomic E-state index is -4.15. The minimum Gasteiger partial charge on any atom is -0.357 e. The van der Waals surface area contributed by atoms with Gasteiger partial charge in [0.15, 0.2) is 0 Å².